The van der Waals surface area contributed by atoms with Crippen molar-refractivity contribution in [2.45, 2.75) is 0 Å². The van der Waals surface area contributed by atoms with Crippen molar-refractivity contribution < 1.29 is 4.57 Å². The first-order chi connectivity index (χ1) is 24.1. The van der Waals surface area contributed by atoms with Gasteiger partial charge in [-0.15, -0.1) is 0 Å². The van der Waals surface area contributed by atoms with Crippen LogP contribution < -0.4 is 31.8 Å². The molecule has 0 amide bonds. The first kappa shape index (κ1) is 29.8. The first-order valence-electron chi connectivity index (χ1n) is 16.6. The number of rotatable bonds is 6. The van der Waals surface area contributed by atoms with Gasteiger partial charge in [-0.3, -0.25) is 0 Å². The van der Waals surface area contributed by atoms with Crippen molar-refractivity contribution in [1.29, 1.82) is 0 Å². The molecule has 0 fully saturated rings. The molecular weight excluding hydrogens is 630 g/mol. The maximum Gasteiger partial charge on any atom is 0.171 e. The first-order valence-corrected chi connectivity index (χ1v) is 19.7. The molecule has 0 aliphatic rings. The van der Waals surface area contributed by atoms with Crippen LogP contribution in [0.25, 0.3) is 43.1 Å². The summed E-state index contributed by atoms with van der Waals surface area (Å²) in [5, 5.41) is 16.2. The zero-order valence-electron chi connectivity index (χ0n) is 26.8. The summed E-state index contributed by atoms with van der Waals surface area (Å²) >= 11 is 0. The van der Waals surface area contributed by atoms with Crippen LogP contribution in [0.2, 0.25) is 0 Å². The summed E-state index contributed by atoms with van der Waals surface area (Å²) in [6.45, 7) is 0. The molecule has 0 aliphatic heterocycles. The van der Waals surface area contributed by atoms with Crippen LogP contribution in [0.5, 0.6) is 0 Å². The molecule has 0 bridgehead atoms. The van der Waals surface area contributed by atoms with Gasteiger partial charge >= 0.3 is 0 Å². The van der Waals surface area contributed by atoms with Gasteiger partial charge in [-0.1, -0.05) is 146 Å². The van der Waals surface area contributed by atoms with E-state index in [9.17, 15) is 0 Å². The van der Waals surface area contributed by atoms with Crippen molar-refractivity contribution in [2.75, 3.05) is 0 Å². The van der Waals surface area contributed by atoms with E-state index in [1.165, 1.54) is 48.2 Å². The number of hydrogen-bond acceptors (Lipinski definition) is 1. The lowest BCUT2D eigenvalue weighted by Gasteiger charge is -2.20. The van der Waals surface area contributed by atoms with Crippen molar-refractivity contribution in [3.8, 4) is 0 Å². The van der Waals surface area contributed by atoms with Crippen molar-refractivity contribution in [3.63, 3.8) is 0 Å². The smallest absolute Gasteiger partial charge is 0.171 e. The topological polar surface area (TPSA) is 17.1 Å². The fourth-order valence-corrected chi connectivity index (χ4v) is 12.1. The summed E-state index contributed by atoms with van der Waals surface area (Å²) in [5.74, 6) is 0. The number of hydrogen-bond donors (Lipinski definition) is 0. The van der Waals surface area contributed by atoms with Gasteiger partial charge in [-0.05, 0) is 115 Å². The van der Waals surface area contributed by atoms with E-state index in [0.717, 1.165) is 26.7 Å². The van der Waals surface area contributed by atoms with Gasteiger partial charge in [0.15, 0.2) is 7.14 Å². The third kappa shape index (κ3) is 5.37. The highest BCUT2D eigenvalue weighted by atomic mass is 31.2. The van der Waals surface area contributed by atoms with Gasteiger partial charge in [0.25, 0.3) is 0 Å². The van der Waals surface area contributed by atoms with E-state index in [2.05, 4.69) is 133 Å². The molecule has 0 aliphatic carbocycles. The van der Waals surface area contributed by atoms with E-state index in [1.54, 1.807) is 0 Å². The molecule has 0 heterocycles. The second-order valence-electron chi connectivity index (χ2n) is 12.6. The van der Waals surface area contributed by atoms with Crippen LogP contribution in [0.4, 0.5) is 0 Å². The predicted octanol–water partition coefficient (Wildman–Crippen LogP) is 9.70. The molecule has 0 unspecified atom stereocenters. The normalized spacial score (nSPS) is 11.9. The highest BCUT2D eigenvalue weighted by Crippen LogP contribution is 2.43. The largest absolute Gasteiger partial charge is 0.309 e. The molecule has 9 aromatic rings. The Labute approximate surface area is 287 Å². The highest BCUT2D eigenvalue weighted by molar-refractivity contribution is 7.85. The van der Waals surface area contributed by atoms with Gasteiger partial charge in [-0.25, -0.2) is 0 Å². The maximum absolute atomic E-state index is 15.1. The number of benzene rings is 9. The summed E-state index contributed by atoms with van der Waals surface area (Å²) in [6.07, 6.45) is 0. The molecule has 3 heteroatoms. The molecule has 0 radical (unpaired) electrons. The average Bonchev–Trinajstić information content (AvgIpc) is 3.16. The molecule has 1 nitrogen and oxygen atoms in total. The summed E-state index contributed by atoms with van der Waals surface area (Å²) < 4.78 is 15.1. The lowest BCUT2D eigenvalue weighted by Crippen LogP contribution is -2.24. The second-order valence-corrected chi connectivity index (χ2v) is 17.6. The second kappa shape index (κ2) is 12.3. The summed E-state index contributed by atoms with van der Waals surface area (Å²) in [5.41, 5.74) is 0. The van der Waals surface area contributed by atoms with Crippen molar-refractivity contribution in [3.05, 3.63) is 194 Å². The zero-order valence-corrected chi connectivity index (χ0v) is 28.6. The van der Waals surface area contributed by atoms with Gasteiger partial charge in [-0.2, -0.15) is 0 Å². The van der Waals surface area contributed by atoms with Gasteiger partial charge in [0, 0.05) is 15.9 Å². The molecular formula is C46H32OP2. The molecule has 232 valence electrons. The Morgan fingerprint density at radius 3 is 1.12 bits per heavy atom. The highest BCUT2D eigenvalue weighted by Gasteiger charge is 2.29. The van der Waals surface area contributed by atoms with Crippen molar-refractivity contribution in [2.24, 2.45) is 0 Å². The van der Waals surface area contributed by atoms with Gasteiger partial charge in [0.2, 0.25) is 0 Å². The van der Waals surface area contributed by atoms with E-state index in [1.807, 2.05) is 60.7 Å². The third-order valence-corrected chi connectivity index (χ3v) is 15.0. The molecule has 0 aromatic heterocycles. The quantitative estimate of drug-likeness (QED) is 0.128. The SMILES string of the molecule is O=P(c1ccccc1)(c1ccccc1)c1ccc2cc3cc4cc5cc(P(c6ccccc6)c6ccccc6)ccc5cc4cc3cc2c1. The zero-order chi connectivity index (χ0) is 32.8. The molecule has 9 rings (SSSR count). The summed E-state index contributed by atoms with van der Waals surface area (Å²) in [7, 11) is -3.73. The minimum Gasteiger partial charge on any atom is -0.309 e. The fourth-order valence-electron chi connectivity index (χ4n) is 7.14. The summed E-state index contributed by atoms with van der Waals surface area (Å²) in [4.78, 5) is 0. The monoisotopic (exact) mass is 662 g/mol. The minimum absolute atomic E-state index is 0.672. The van der Waals surface area contributed by atoms with Crippen molar-refractivity contribution in [1.82, 2.24) is 0 Å². The fraction of sp³-hybridized carbons (Fsp3) is 0. The Kier molecular flexibility index (Phi) is 7.47. The Balaban J connectivity index is 1.16. The lowest BCUT2D eigenvalue weighted by atomic mass is 9.97. The molecule has 0 saturated heterocycles. The van der Waals surface area contributed by atoms with E-state index in [0.29, 0.717) is 0 Å². The maximum atomic E-state index is 15.1. The Hall–Kier alpha value is -5.32. The van der Waals surface area contributed by atoms with Crippen LogP contribution in [0, 0.1) is 0 Å². The van der Waals surface area contributed by atoms with E-state index >= 15 is 4.57 Å². The molecule has 0 N–H and O–H groups in total. The Morgan fingerprint density at radius 2 is 0.653 bits per heavy atom. The van der Waals surface area contributed by atoms with E-state index in [4.69, 9.17) is 0 Å². The average molecular weight is 663 g/mol. The Bertz CT molecular complexity index is 2590. The van der Waals surface area contributed by atoms with Gasteiger partial charge in [0.05, 0.1) is 0 Å². The molecule has 49 heavy (non-hydrogen) atoms. The third-order valence-electron chi connectivity index (χ3n) is 9.56. The molecule has 0 saturated carbocycles. The lowest BCUT2D eigenvalue weighted by molar-refractivity contribution is 0.592. The van der Waals surface area contributed by atoms with Crippen LogP contribution >= 0.6 is 15.1 Å². The van der Waals surface area contributed by atoms with E-state index in [-0.39, 0.29) is 0 Å². The van der Waals surface area contributed by atoms with E-state index < -0.39 is 15.1 Å². The molecule has 0 spiro atoms. The molecule has 9 aromatic carbocycles. The van der Waals surface area contributed by atoms with Crippen LogP contribution in [-0.2, 0) is 4.57 Å². The van der Waals surface area contributed by atoms with Crippen LogP contribution in [0.15, 0.2) is 194 Å². The van der Waals surface area contributed by atoms with Gasteiger partial charge in [0.1, 0.15) is 0 Å². The minimum atomic E-state index is -3.06. The van der Waals surface area contributed by atoms with Gasteiger partial charge < -0.3 is 4.57 Å². The van der Waals surface area contributed by atoms with Crippen LogP contribution in [0.3, 0.4) is 0 Å². The standard InChI is InChI=1S/C46H32OP2/c47-49(44-17-9-3-10-18-44,45-19-11-4-12-20-45)46-24-22-34-26-36-27-37-29-39-31-43(23-21-33(39)25-35(37)28-38(36)30-40(34)32-46)48(41-13-5-1-6-14-41)42-15-7-2-8-16-42/h1-32H. The van der Waals surface area contributed by atoms with Crippen LogP contribution in [0.1, 0.15) is 0 Å². The Morgan fingerprint density at radius 1 is 0.286 bits per heavy atom. The number of fused-ring (bicyclic) bond motifs is 4. The van der Waals surface area contributed by atoms with Crippen LogP contribution in [-0.4, -0.2) is 0 Å². The molecule has 0 atom stereocenters. The summed E-state index contributed by atoms with van der Waals surface area (Å²) in [6, 6.07) is 68.7. The predicted molar refractivity (Wildman–Crippen MR) is 215 cm³/mol. The van der Waals surface area contributed by atoms with Crippen molar-refractivity contribution >= 4 is 90.0 Å².